The van der Waals surface area contributed by atoms with Crippen LogP contribution in [0.4, 0.5) is 0 Å². The molecule has 0 spiro atoms. The summed E-state index contributed by atoms with van der Waals surface area (Å²) in [6.45, 7) is -0.260. The van der Waals surface area contributed by atoms with E-state index in [1.165, 1.54) is 18.9 Å². The van der Waals surface area contributed by atoms with Crippen LogP contribution in [0.1, 0.15) is 6.42 Å². The van der Waals surface area contributed by atoms with Crippen LogP contribution in [-0.4, -0.2) is 48.8 Å². The van der Waals surface area contributed by atoms with E-state index in [4.69, 9.17) is 14.6 Å². The first-order chi connectivity index (χ1) is 10.1. The van der Waals surface area contributed by atoms with Crippen molar-refractivity contribution in [1.29, 1.82) is 0 Å². The summed E-state index contributed by atoms with van der Waals surface area (Å²) in [6.07, 6.45) is 2.25. The number of para-hydroxylation sites is 2. The number of amides is 1. The number of carbonyl (C=O) groups is 2. The van der Waals surface area contributed by atoms with Crippen molar-refractivity contribution in [3.05, 3.63) is 24.3 Å². The number of carboxylic acid groups (broad SMARTS) is 1. The fourth-order valence-corrected chi connectivity index (χ4v) is 2.08. The monoisotopic (exact) mass is 313 g/mol. The number of hydrogen-bond donors (Lipinski definition) is 2. The van der Waals surface area contributed by atoms with Crippen LogP contribution in [-0.2, 0) is 9.59 Å². The van der Waals surface area contributed by atoms with Crippen LogP contribution in [0.2, 0.25) is 0 Å². The van der Waals surface area contributed by atoms with Crippen molar-refractivity contribution < 1.29 is 24.2 Å². The van der Waals surface area contributed by atoms with Gasteiger partial charge in [0, 0.05) is 0 Å². The predicted octanol–water partition coefficient (Wildman–Crippen LogP) is 1.40. The van der Waals surface area contributed by atoms with Crippen LogP contribution in [0.25, 0.3) is 0 Å². The van der Waals surface area contributed by atoms with Crippen LogP contribution in [0, 0.1) is 0 Å². The number of methoxy groups -OCH3 is 1. The Labute approximate surface area is 127 Å². The molecule has 1 amide bonds. The fourth-order valence-electron chi connectivity index (χ4n) is 1.61. The third kappa shape index (κ3) is 5.95. The first kappa shape index (κ1) is 17.2. The molecule has 0 saturated carbocycles. The molecule has 6 nitrogen and oxygen atoms in total. The van der Waals surface area contributed by atoms with Gasteiger partial charge >= 0.3 is 5.97 Å². The second kappa shape index (κ2) is 9.12. The summed E-state index contributed by atoms with van der Waals surface area (Å²) in [5.41, 5.74) is 0. The Hall–Kier alpha value is -1.89. The molecule has 1 rings (SSSR count). The number of thioether (sulfide) groups is 1. The lowest BCUT2D eigenvalue weighted by Gasteiger charge is -2.15. The number of ether oxygens (including phenoxy) is 2. The zero-order valence-corrected chi connectivity index (χ0v) is 12.8. The maximum atomic E-state index is 11.7. The molecule has 0 aliphatic heterocycles. The van der Waals surface area contributed by atoms with Gasteiger partial charge in [-0.25, -0.2) is 4.79 Å². The lowest BCUT2D eigenvalue weighted by molar-refractivity contribution is -0.142. The van der Waals surface area contributed by atoms with Crippen LogP contribution in [0.5, 0.6) is 11.5 Å². The molecule has 0 radical (unpaired) electrons. The Morgan fingerprint density at radius 2 is 2.00 bits per heavy atom. The van der Waals surface area contributed by atoms with Crippen molar-refractivity contribution in [3.63, 3.8) is 0 Å². The lowest BCUT2D eigenvalue weighted by atomic mass is 10.2. The van der Waals surface area contributed by atoms with E-state index in [0.29, 0.717) is 23.7 Å². The van der Waals surface area contributed by atoms with Gasteiger partial charge in [-0.2, -0.15) is 11.8 Å². The van der Waals surface area contributed by atoms with Crippen LogP contribution < -0.4 is 14.8 Å². The van der Waals surface area contributed by atoms with E-state index in [1.54, 1.807) is 24.3 Å². The summed E-state index contributed by atoms with van der Waals surface area (Å²) in [5.74, 6) is 0.0858. The Morgan fingerprint density at radius 1 is 1.33 bits per heavy atom. The quantitative estimate of drug-likeness (QED) is 0.717. The Morgan fingerprint density at radius 3 is 2.57 bits per heavy atom. The van der Waals surface area contributed by atoms with Gasteiger partial charge in [0.1, 0.15) is 6.04 Å². The van der Waals surface area contributed by atoms with Crippen LogP contribution in [0.15, 0.2) is 24.3 Å². The van der Waals surface area contributed by atoms with E-state index in [-0.39, 0.29) is 6.61 Å². The molecule has 116 valence electrons. The molecule has 0 unspecified atom stereocenters. The standard InChI is InChI=1S/C14H19NO5S/c1-19-11-5-3-4-6-12(11)20-9-13(16)15-10(14(17)18)7-8-21-2/h3-6,10H,7-9H2,1-2H3,(H,15,16)(H,17,18)/t10-/m0/s1. The number of hydrogen-bond acceptors (Lipinski definition) is 5. The summed E-state index contributed by atoms with van der Waals surface area (Å²) in [4.78, 5) is 22.8. The van der Waals surface area contributed by atoms with E-state index in [0.717, 1.165) is 0 Å². The number of nitrogens with one attached hydrogen (secondary N) is 1. The van der Waals surface area contributed by atoms with Gasteiger partial charge in [-0.3, -0.25) is 4.79 Å². The maximum absolute atomic E-state index is 11.7. The van der Waals surface area contributed by atoms with Gasteiger partial charge in [0.25, 0.3) is 5.91 Å². The average Bonchev–Trinajstić information content (AvgIpc) is 2.49. The molecule has 0 aliphatic rings. The van der Waals surface area contributed by atoms with E-state index in [1.807, 2.05) is 6.26 Å². The first-order valence-corrected chi connectivity index (χ1v) is 7.74. The summed E-state index contributed by atoms with van der Waals surface area (Å²) < 4.78 is 10.4. The number of rotatable bonds is 9. The normalized spacial score (nSPS) is 11.5. The third-order valence-electron chi connectivity index (χ3n) is 2.67. The van der Waals surface area contributed by atoms with E-state index >= 15 is 0 Å². The minimum atomic E-state index is -1.05. The van der Waals surface area contributed by atoms with Gasteiger partial charge in [0.05, 0.1) is 7.11 Å². The molecule has 0 saturated heterocycles. The molecule has 0 aliphatic carbocycles. The summed E-state index contributed by atoms with van der Waals surface area (Å²) in [5, 5.41) is 11.5. The minimum absolute atomic E-state index is 0.260. The molecule has 0 aromatic heterocycles. The lowest BCUT2D eigenvalue weighted by Crippen LogP contribution is -2.43. The van der Waals surface area contributed by atoms with Crippen LogP contribution >= 0.6 is 11.8 Å². The smallest absolute Gasteiger partial charge is 0.326 e. The zero-order valence-electron chi connectivity index (χ0n) is 12.0. The van der Waals surface area contributed by atoms with Gasteiger partial charge < -0.3 is 19.9 Å². The highest BCUT2D eigenvalue weighted by Crippen LogP contribution is 2.25. The minimum Gasteiger partial charge on any atom is -0.493 e. The molecule has 2 N–H and O–H groups in total. The summed E-state index contributed by atoms with van der Waals surface area (Å²) >= 11 is 1.53. The molecule has 7 heteroatoms. The van der Waals surface area contributed by atoms with Crippen molar-refractivity contribution in [2.45, 2.75) is 12.5 Å². The van der Waals surface area contributed by atoms with Gasteiger partial charge in [-0.15, -0.1) is 0 Å². The van der Waals surface area contributed by atoms with Crippen LogP contribution in [0.3, 0.4) is 0 Å². The van der Waals surface area contributed by atoms with Crippen molar-refractivity contribution in [1.82, 2.24) is 5.32 Å². The highest BCUT2D eigenvalue weighted by molar-refractivity contribution is 7.98. The van der Waals surface area contributed by atoms with Crippen molar-refractivity contribution in [3.8, 4) is 11.5 Å². The Kier molecular flexibility index (Phi) is 7.45. The summed E-state index contributed by atoms with van der Waals surface area (Å²) in [7, 11) is 1.51. The highest BCUT2D eigenvalue weighted by Gasteiger charge is 2.19. The molecule has 1 atom stereocenters. The molecule has 1 aromatic rings. The first-order valence-electron chi connectivity index (χ1n) is 6.35. The third-order valence-corrected chi connectivity index (χ3v) is 3.32. The van der Waals surface area contributed by atoms with Crippen molar-refractivity contribution >= 4 is 23.6 Å². The average molecular weight is 313 g/mol. The van der Waals surface area contributed by atoms with Gasteiger partial charge in [-0.05, 0) is 30.6 Å². The second-order valence-corrected chi connectivity index (χ2v) is 5.16. The molecule has 0 fully saturated rings. The summed E-state index contributed by atoms with van der Waals surface area (Å²) in [6, 6.07) is 6.04. The van der Waals surface area contributed by atoms with E-state index in [9.17, 15) is 9.59 Å². The topological polar surface area (TPSA) is 84.9 Å². The molecular formula is C14H19NO5S. The highest BCUT2D eigenvalue weighted by atomic mass is 32.2. The van der Waals surface area contributed by atoms with Crippen molar-refractivity contribution in [2.75, 3.05) is 25.7 Å². The molecule has 21 heavy (non-hydrogen) atoms. The SMILES string of the molecule is COc1ccccc1OCC(=O)N[C@@H](CCSC)C(=O)O. The number of benzene rings is 1. The molecular weight excluding hydrogens is 294 g/mol. The fraction of sp³-hybridized carbons (Fsp3) is 0.429. The zero-order chi connectivity index (χ0) is 15.7. The number of carboxylic acids is 1. The van der Waals surface area contributed by atoms with E-state index < -0.39 is 17.9 Å². The molecule has 0 heterocycles. The number of carbonyl (C=O) groups excluding carboxylic acids is 1. The molecule has 1 aromatic carbocycles. The largest absolute Gasteiger partial charge is 0.493 e. The van der Waals surface area contributed by atoms with Crippen molar-refractivity contribution in [2.24, 2.45) is 0 Å². The predicted molar refractivity (Wildman–Crippen MR) is 81.1 cm³/mol. The Bertz CT molecular complexity index is 480. The van der Waals surface area contributed by atoms with Gasteiger partial charge in [0.15, 0.2) is 18.1 Å². The van der Waals surface area contributed by atoms with E-state index in [2.05, 4.69) is 5.32 Å². The second-order valence-electron chi connectivity index (χ2n) is 4.18. The number of aliphatic carboxylic acids is 1. The van der Waals surface area contributed by atoms with Gasteiger partial charge in [0.2, 0.25) is 0 Å². The Balaban J connectivity index is 2.50. The molecule has 0 bridgehead atoms. The van der Waals surface area contributed by atoms with Gasteiger partial charge in [-0.1, -0.05) is 12.1 Å². The maximum Gasteiger partial charge on any atom is 0.326 e.